The third-order valence-electron chi connectivity index (χ3n) is 3.08. The van der Waals surface area contributed by atoms with E-state index in [-0.39, 0.29) is 5.75 Å². The van der Waals surface area contributed by atoms with Gasteiger partial charge in [0.25, 0.3) is 0 Å². The van der Waals surface area contributed by atoms with Crippen LogP contribution < -0.4 is 4.74 Å². The Morgan fingerprint density at radius 3 is 2.47 bits per heavy atom. The molecule has 0 aliphatic carbocycles. The lowest BCUT2D eigenvalue weighted by atomic mass is 9.96. The van der Waals surface area contributed by atoms with Gasteiger partial charge in [-0.05, 0) is 42.7 Å². The molecule has 2 nitrogen and oxygen atoms in total. The molecule has 0 aliphatic rings. The molecule has 0 saturated heterocycles. The lowest BCUT2D eigenvalue weighted by Crippen LogP contribution is -1.91. The summed E-state index contributed by atoms with van der Waals surface area (Å²) in [5.74, 6) is 0.912. The van der Waals surface area contributed by atoms with E-state index in [2.05, 4.69) is 26.0 Å². The molecule has 0 radical (unpaired) electrons. The number of hydrogen-bond donors (Lipinski definition) is 1. The second-order valence-corrected chi connectivity index (χ2v) is 4.13. The van der Waals surface area contributed by atoms with E-state index in [0.29, 0.717) is 5.75 Å². The van der Waals surface area contributed by atoms with Crippen molar-refractivity contribution in [3.63, 3.8) is 0 Å². The van der Waals surface area contributed by atoms with Gasteiger partial charge in [0.05, 0.1) is 7.11 Å². The van der Waals surface area contributed by atoms with Crippen LogP contribution in [0.5, 0.6) is 11.5 Å². The van der Waals surface area contributed by atoms with Gasteiger partial charge in [-0.15, -0.1) is 0 Å². The Balaban J connectivity index is 2.64. The fraction of sp³-hybridized carbons (Fsp3) is 0.200. The van der Waals surface area contributed by atoms with E-state index >= 15 is 0 Å². The third kappa shape index (κ3) is 2.11. The first-order valence-corrected chi connectivity index (χ1v) is 5.57. The van der Waals surface area contributed by atoms with Crippen molar-refractivity contribution in [3.8, 4) is 22.6 Å². The summed E-state index contributed by atoms with van der Waals surface area (Å²) in [4.78, 5) is 0. The zero-order valence-electron chi connectivity index (χ0n) is 10.3. The van der Waals surface area contributed by atoms with Gasteiger partial charge in [-0.25, -0.2) is 0 Å². The molecule has 2 aromatic rings. The van der Waals surface area contributed by atoms with Crippen LogP contribution in [0.15, 0.2) is 36.4 Å². The Kier molecular flexibility index (Phi) is 3.05. The largest absolute Gasteiger partial charge is 0.508 e. The van der Waals surface area contributed by atoms with Gasteiger partial charge in [-0.2, -0.15) is 0 Å². The predicted octanol–water partition coefficient (Wildman–Crippen LogP) is 3.68. The summed E-state index contributed by atoms with van der Waals surface area (Å²) in [6, 6.07) is 11.4. The molecule has 0 bridgehead atoms. The van der Waals surface area contributed by atoms with Gasteiger partial charge < -0.3 is 9.84 Å². The van der Waals surface area contributed by atoms with Crippen LogP contribution in [-0.4, -0.2) is 12.2 Å². The maximum absolute atomic E-state index is 9.46. The molecule has 1 N–H and O–H groups in total. The summed E-state index contributed by atoms with van der Waals surface area (Å²) in [5.41, 5.74) is 4.63. The standard InChI is InChI=1S/C15H16O2/c1-10-5-4-6-13(11(10)2)14-8-7-12(16)9-15(14)17-3/h4-9,16H,1-3H3. The number of aromatic hydroxyl groups is 1. The molecule has 2 heteroatoms. The van der Waals surface area contributed by atoms with Crippen molar-refractivity contribution in [1.29, 1.82) is 0 Å². The highest BCUT2D eigenvalue weighted by atomic mass is 16.5. The molecule has 17 heavy (non-hydrogen) atoms. The quantitative estimate of drug-likeness (QED) is 0.849. The highest BCUT2D eigenvalue weighted by Gasteiger charge is 2.09. The summed E-state index contributed by atoms with van der Waals surface area (Å²) >= 11 is 0. The van der Waals surface area contributed by atoms with Crippen LogP contribution in [0, 0.1) is 13.8 Å². The molecule has 2 aromatic carbocycles. The van der Waals surface area contributed by atoms with E-state index < -0.39 is 0 Å². The number of rotatable bonds is 2. The van der Waals surface area contributed by atoms with Crippen molar-refractivity contribution in [2.75, 3.05) is 7.11 Å². The van der Waals surface area contributed by atoms with Gasteiger partial charge >= 0.3 is 0 Å². The highest BCUT2D eigenvalue weighted by molar-refractivity contribution is 5.74. The van der Waals surface area contributed by atoms with E-state index in [9.17, 15) is 5.11 Å². The maximum Gasteiger partial charge on any atom is 0.130 e. The number of hydrogen-bond acceptors (Lipinski definition) is 2. The van der Waals surface area contributed by atoms with E-state index in [4.69, 9.17) is 4.74 Å². The van der Waals surface area contributed by atoms with Gasteiger partial charge in [0.15, 0.2) is 0 Å². The van der Waals surface area contributed by atoms with E-state index in [1.165, 1.54) is 11.1 Å². The fourth-order valence-electron chi connectivity index (χ4n) is 1.95. The number of methoxy groups -OCH3 is 1. The molecule has 0 heterocycles. The topological polar surface area (TPSA) is 29.5 Å². The Labute approximate surface area is 101 Å². The zero-order valence-corrected chi connectivity index (χ0v) is 10.3. The number of benzene rings is 2. The lowest BCUT2D eigenvalue weighted by molar-refractivity contribution is 0.409. The number of phenolic OH excluding ortho intramolecular Hbond substituents is 1. The van der Waals surface area contributed by atoms with Crippen LogP contribution >= 0.6 is 0 Å². The van der Waals surface area contributed by atoms with Crippen molar-refractivity contribution >= 4 is 0 Å². The van der Waals surface area contributed by atoms with Crippen molar-refractivity contribution in [3.05, 3.63) is 47.5 Å². The Morgan fingerprint density at radius 1 is 1.00 bits per heavy atom. The summed E-state index contributed by atoms with van der Waals surface area (Å²) in [5, 5.41) is 9.46. The van der Waals surface area contributed by atoms with Crippen molar-refractivity contribution in [2.24, 2.45) is 0 Å². The molecule has 0 aromatic heterocycles. The number of phenols is 1. The van der Waals surface area contributed by atoms with Crippen LogP contribution in [0.3, 0.4) is 0 Å². The molecule has 0 spiro atoms. The fourth-order valence-corrected chi connectivity index (χ4v) is 1.95. The van der Waals surface area contributed by atoms with Crippen LogP contribution in [0.25, 0.3) is 11.1 Å². The van der Waals surface area contributed by atoms with Crippen molar-refractivity contribution < 1.29 is 9.84 Å². The van der Waals surface area contributed by atoms with E-state index in [1.54, 1.807) is 19.2 Å². The Hall–Kier alpha value is -1.96. The molecular weight excluding hydrogens is 212 g/mol. The van der Waals surface area contributed by atoms with Crippen LogP contribution in [0.1, 0.15) is 11.1 Å². The average molecular weight is 228 g/mol. The van der Waals surface area contributed by atoms with Crippen LogP contribution in [0.2, 0.25) is 0 Å². The smallest absolute Gasteiger partial charge is 0.130 e. The molecule has 0 saturated carbocycles. The highest BCUT2D eigenvalue weighted by Crippen LogP contribution is 2.35. The first-order chi connectivity index (χ1) is 8.13. The SMILES string of the molecule is COc1cc(O)ccc1-c1cccc(C)c1C. The summed E-state index contributed by atoms with van der Waals surface area (Å²) in [6.07, 6.45) is 0. The molecular formula is C15H16O2. The Bertz CT molecular complexity index is 545. The zero-order chi connectivity index (χ0) is 12.4. The molecule has 0 atom stereocenters. The molecule has 0 fully saturated rings. The minimum Gasteiger partial charge on any atom is -0.508 e. The minimum atomic E-state index is 0.218. The van der Waals surface area contributed by atoms with Gasteiger partial charge in [0, 0.05) is 11.6 Å². The molecule has 0 amide bonds. The van der Waals surface area contributed by atoms with E-state index in [0.717, 1.165) is 11.1 Å². The van der Waals surface area contributed by atoms with Crippen molar-refractivity contribution in [2.45, 2.75) is 13.8 Å². The molecule has 0 unspecified atom stereocenters. The minimum absolute atomic E-state index is 0.218. The number of aryl methyl sites for hydroxylation is 1. The van der Waals surface area contributed by atoms with E-state index in [1.807, 2.05) is 12.1 Å². The van der Waals surface area contributed by atoms with Crippen molar-refractivity contribution in [1.82, 2.24) is 0 Å². The number of ether oxygens (including phenoxy) is 1. The summed E-state index contributed by atoms with van der Waals surface area (Å²) in [7, 11) is 1.61. The van der Waals surface area contributed by atoms with Gasteiger partial charge in [-0.3, -0.25) is 0 Å². The van der Waals surface area contributed by atoms with Gasteiger partial charge in [0.2, 0.25) is 0 Å². The lowest BCUT2D eigenvalue weighted by Gasteiger charge is -2.12. The predicted molar refractivity (Wildman–Crippen MR) is 69.6 cm³/mol. The third-order valence-corrected chi connectivity index (χ3v) is 3.08. The van der Waals surface area contributed by atoms with Crippen LogP contribution in [-0.2, 0) is 0 Å². The average Bonchev–Trinajstić information content (AvgIpc) is 2.33. The second-order valence-electron chi connectivity index (χ2n) is 4.13. The maximum atomic E-state index is 9.46. The summed E-state index contributed by atoms with van der Waals surface area (Å²) < 4.78 is 5.32. The molecule has 2 rings (SSSR count). The van der Waals surface area contributed by atoms with Gasteiger partial charge in [-0.1, -0.05) is 18.2 Å². The van der Waals surface area contributed by atoms with Crippen LogP contribution in [0.4, 0.5) is 0 Å². The summed E-state index contributed by atoms with van der Waals surface area (Å²) in [6.45, 7) is 4.18. The van der Waals surface area contributed by atoms with Gasteiger partial charge in [0.1, 0.15) is 11.5 Å². The first-order valence-electron chi connectivity index (χ1n) is 5.57. The molecule has 0 aliphatic heterocycles. The second kappa shape index (κ2) is 4.50. The first kappa shape index (κ1) is 11.5. The normalized spacial score (nSPS) is 10.3. The Morgan fingerprint density at radius 2 is 1.76 bits per heavy atom. The molecule has 88 valence electrons. The monoisotopic (exact) mass is 228 g/mol.